The minimum Gasteiger partial charge on any atom is -0.398 e. The molecule has 0 saturated carbocycles. The SMILES string of the molecule is CCC(C)C(C)Nc1cc(N)c(C)cn1. The van der Waals surface area contributed by atoms with Crippen LogP contribution in [0, 0.1) is 12.8 Å². The van der Waals surface area contributed by atoms with Crippen molar-refractivity contribution in [3.8, 4) is 0 Å². The van der Waals surface area contributed by atoms with Gasteiger partial charge in [-0.15, -0.1) is 0 Å². The van der Waals surface area contributed by atoms with Crippen LogP contribution in [0.4, 0.5) is 11.5 Å². The fraction of sp³-hybridized carbons (Fsp3) is 0.583. The summed E-state index contributed by atoms with van der Waals surface area (Å²) in [6.45, 7) is 8.56. The lowest BCUT2D eigenvalue weighted by molar-refractivity contribution is 0.493. The predicted octanol–water partition coefficient (Wildman–Crippen LogP) is 2.82. The van der Waals surface area contributed by atoms with E-state index in [0.717, 1.165) is 23.5 Å². The predicted molar refractivity (Wildman–Crippen MR) is 65.9 cm³/mol. The summed E-state index contributed by atoms with van der Waals surface area (Å²) in [7, 11) is 0. The minimum atomic E-state index is 0.421. The largest absolute Gasteiger partial charge is 0.398 e. The van der Waals surface area contributed by atoms with Gasteiger partial charge in [0, 0.05) is 24.0 Å². The lowest BCUT2D eigenvalue weighted by atomic mass is 10.0. The van der Waals surface area contributed by atoms with Gasteiger partial charge in [-0.2, -0.15) is 0 Å². The number of hydrogen-bond acceptors (Lipinski definition) is 3. The van der Waals surface area contributed by atoms with E-state index in [4.69, 9.17) is 5.73 Å². The van der Waals surface area contributed by atoms with Crippen molar-refractivity contribution in [1.82, 2.24) is 4.98 Å². The zero-order chi connectivity index (χ0) is 11.4. The van der Waals surface area contributed by atoms with Crippen molar-refractivity contribution in [2.45, 2.75) is 40.2 Å². The van der Waals surface area contributed by atoms with Gasteiger partial charge in [0.1, 0.15) is 5.82 Å². The van der Waals surface area contributed by atoms with E-state index < -0.39 is 0 Å². The molecule has 0 aromatic carbocycles. The molecular formula is C12H21N3. The molecule has 0 saturated heterocycles. The Morgan fingerprint density at radius 2 is 2.13 bits per heavy atom. The number of nitrogen functional groups attached to an aromatic ring is 1. The zero-order valence-corrected chi connectivity index (χ0v) is 10.0. The van der Waals surface area contributed by atoms with E-state index >= 15 is 0 Å². The summed E-state index contributed by atoms with van der Waals surface area (Å²) in [6.07, 6.45) is 2.97. The molecule has 1 aromatic heterocycles. The molecule has 3 N–H and O–H groups in total. The molecule has 2 atom stereocenters. The van der Waals surface area contributed by atoms with Crippen LogP contribution in [0.5, 0.6) is 0 Å². The quantitative estimate of drug-likeness (QED) is 0.798. The first-order valence-electron chi connectivity index (χ1n) is 5.53. The number of nitrogens with zero attached hydrogens (tertiary/aromatic N) is 1. The van der Waals surface area contributed by atoms with Crippen LogP contribution < -0.4 is 11.1 Å². The molecule has 0 bridgehead atoms. The van der Waals surface area contributed by atoms with Gasteiger partial charge in [0.2, 0.25) is 0 Å². The first-order chi connectivity index (χ1) is 7.04. The summed E-state index contributed by atoms with van der Waals surface area (Å²) in [5.74, 6) is 1.50. The molecule has 84 valence electrons. The maximum Gasteiger partial charge on any atom is 0.128 e. The maximum atomic E-state index is 5.82. The topological polar surface area (TPSA) is 50.9 Å². The Labute approximate surface area is 92.1 Å². The number of nitrogens with one attached hydrogen (secondary N) is 1. The van der Waals surface area contributed by atoms with Crippen LogP contribution in [0.2, 0.25) is 0 Å². The van der Waals surface area contributed by atoms with Crippen molar-refractivity contribution in [3.63, 3.8) is 0 Å². The van der Waals surface area contributed by atoms with Crippen molar-refractivity contribution in [1.29, 1.82) is 0 Å². The normalized spacial score (nSPS) is 14.7. The third-order valence-electron chi connectivity index (χ3n) is 3.02. The molecule has 3 nitrogen and oxygen atoms in total. The smallest absolute Gasteiger partial charge is 0.128 e. The summed E-state index contributed by atoms with van der Waals surface area (Å²) in [6, 6.07) is 2.32. The van der Waals surface area contributed by atoms with Gasteiger partial charge < -0.3 is 11.1 Å². The van der Waals surface area contributed by atoms with Crippen LogP contribution in [-0.2, 0) is 0 Å². The van der Waals surface area contributed by atoms with Crippen molar-refractivity contribution >= 4 is 11.5 Å². The van der Waals surface area contributed by atoms with Crippen LogP contribution in [0.25, 0.3) is 0 Å². The second kappa shape index (κ2) is 5.01. The van der Waals surface area contributed by atoms with E-state index in [1.165, 1.54) is 0 Å². The Balaban J connectivity index is 2.68. The summed E-state index contributed by atoms with van der Waals surface area (Å²) >= 11 is 0. The standard InChI is InChI=1S/C12H21N3/c1-5-8(2)10(4)15-12-6-11(13)9(3)7-14-12/h6-8,10H,5H2,1-4H3,(H3,13,14,15). The van der Waals surface area contributed by atoms with Crippen LogP contribution in [-0.4, -0.2) is 11.0 Å². The minimum absolute atomic E-state index is 0.421. The second-order valence-corrected chi connectivity index (χ2v) is 4.24. The number of aromatic nitrogens is 1. The first-order valence-corrected chi connectivity index (χ1v) is 5.53. The van der Waals surface area contributed by atoms with Gasteiger partial charge in [0.05, 0.1) is 0 Å². The molecule has 0 radical (unpaired) electrons. The molecule has 0 fully saturated rings. The number of rotatable bonds is 4. The molecular weight excluding hydrogens is 186 g/mol. The van der Waals surface area contributed by atoms with Crippen molar-refractivity contribution < 1.29 is 0 Å². The number of nitrogens with two attached hydrogens (primary N) is 1. The highest BCUT2D eigenvalue weighted by Gasteiger charge is 2.10. The van der Waals surface area contributed by atoms with E-state index in [0.29, 0.717) is 12.0 Å². The third kappa shape index (κ3) is 3.11. The van der Waals surface area contributed by atoms with Crippen LogP contribution >= 0.6 is 0 Å². The highest BCUT2D eigenvalue weighted by molar-refractivity contribution is 5.53. The van der Waals surface area contributed by atoms with E-state index in [1.54, 1.807) is 6.20 Å². The molecule has 0 amide bonds. The van der Waals surface area contributed by atoms with Crippen molar-refractivity contribution in [3.05, 3.63) is 17.8 Å². The summed E-state index contributed by atoms with van der Waals surface area (Å²) in [5, 5.41) is 3.37. The van der Waals surface area contributed by atoms with Gasteiger partial charge in [0.25, 0.3) is 0 Å². The Kier molecular flexibility index (Phi) is 3.95. The van der Waals surface area contributed by atoms with Crippen LogP contribution in [0.1, 0.15) is 32.8 Å². The Morgan fingerprint density at radius 3 is 2.67 bits per heavy atom. The van der Waals surface area contributed by atoms with Crippen molar-refractivity contribution in [2.75, 3.05) is 11.1 Å². The average Bonchev–Trinajstić information content (AvgIpc) is 2.22. The first kappa shape index (κ1) is 11.8. The van der Waals surface area contributed by atoms with Crippen LogP contribution in [0.15, 0.2) is 12.3 Å². The van der Waals surface area contributed by atoms with Crippen LogP contribution in [0.3, 0.4) is 0 Å². The van der Waals surface area contributed by atoms with Gasteiger partial charge in [-0.1, -0.05) is 20.3 Å². The number of hydrogen-bond donors (Lipinski definition) is 2. The summed E-state index contributed by atoms with van der Waals surface area (Å²) in [5.41, 5.74) is 7.64. The zero-order valence-electron chi connectivity index (χ0n) is 10.0. The number of anilines is 2. The Bertz CT molecular complexity index is 323. The molecule has 0 spiro atoms. The number of pyridine rings is 1. The molecule has 1 aromatic rings. The van der Waals surface area contributed by atoms with E-state index in [2.05, 4.69) is 31.1 Å². The fourth-order valence-electron chi connectivity index (χ4n) is 1.35. The van der Waals surface area contributed by atoms with Gasteiger partial charge in [0.15, 0.2) is 0 Å². The van der Waals surface area contributed by atoms with E-state index in [1.807, 2.05) is 13.0 Å². The molecule has 15 heavy (non-hydrogen) atoms. The maximum absolute atomic E-state index is 5.82. The van der Waals surface area contributed by atoms with Gasteiger partial charge in [-0.25, -0.2) is 4.98 Å². The van der Waals surface area contributed by atoms with Gasteiger partial charge in [-0.3, -0.25) is 0 Å². The monoisotopic (exact) mass is 207 g/mol. The molecule has 1 rings (SSSR count). The van der Waals surface area contributed by atoms with Gasteiger partial charge >= 0.3 is 0 Å². The molecule has 1 heterocycles. The second-order valence-electron chi connectivity index (χ2n) is 4.24. The van der Waals surface area contributed by atoms with Crippen molar-refractivity contribution in [2.24, 2.45) is 5.92 Å². The summed E-state index contributed by atoms with van der Waals surface area (Å²) < 4.78 is 0. The van der Waals surface area contributed by atoms with E-state index in [-0.39, 0.29) is 0 Å². The summed E-state index contributed by atoms with van der Waals surface area (Å²) in [4.78, 5) is 4.30. The molecule has 0 aliphatic heterocycles. The van der Waals surface area contributed by atoms with Gasteiger partial charge in [-0.05, 0) is 25.3 Å². The Hall–Kier alpha value is -1.25. The fourth-order valence-corrected chi connectivity index (χ4v) is 1.35. The molecule has 2 unspecified atom stereocenters. The highest BCUT2D eigenvalue weighted by Crippen LogP contribution is 2.17. The lowest BCUT2D eigenvalue weighted by Crippen LogP contribution is -2.23. The molecule has 3 heteroatoms. The Morgan fingerprint density at radius 1 is 1.47 bits per heavy atom. The van der Waals surface area contributed by atoms with E-state index in [9.17, 15) is 0 Å². The highest BCUT2D eigenvalue weighted by atomic mass is 15.0. The lowest BCUT2D eigenvalue weighted by Gasteiger charge is -2.20. The molecule has 0 aliphatic rings. The molecule has 0 aliphatic carbocycles. The number of aryl methyl sites for hydroxylation is 1. The average molecular weight is 207 g/mol. The third-order valence-corrected chi connectivity index (χ3v) is 3.02.